The molecule has 1 aromatic rings. The van der Waals surface area contributed by atoms with Crippen molar-refractivity contribution < 1.29 is 9.18 Å². The van der Waals surface area contributed by atoms with Gasteiger partial charge in [-0.15, -0.1) is 0 Å². The number of amides is 1. The Labute approximate surface area is 106 Å². The summed E-state index contributed by atoms with van der Waals surface area (Å²) in [6.07, 6.45) is 0. The number of hydrogen-bond acceptors (Lipinski definition) is 3. The molecule has 0 bridgehead atoms. The molecular formula is C13H18FN3O. The number of nitrogens with zero attached hydrogens (tertiary/aromatic N) is 1. The molecule has 1 aliphatic rings. The van der Waals surface area contributed by atoms with Gasteiger partial charge in [-0.25, -0.2) is 4.39 Å². The number of carbonyl (C=O) groups excluding carboxylic acids is 1. The van der Waals surface area contributed by atoms with Crippen molar-refractivity contribution in [3.05, 3.63) is 29.6 Å². The molecule has 1 amide bonds. The molecule has 0 aromatic heterocycles. The van der Waals surface area contributed by atoms with Crippen molar-refractivity contribution in [2.75, 3.05) is 31.1 Å². The average molecular weight is 251 g/mol. The molecule has 5 heteroatoms. The van der Waals surface area contributed by atoms with Crippen LogP contribution in [0, 0.1) is 5.82 Å². The van der Waals surface area contributed by atoms with Crippen LogP contribution in [0.3, 0.4) is 0 Å². The maximum atomic E-state index is 13.3. The highest BCUT2D eigenvalue weighted by molar-refractivity contribution is 5.83. The van der Waals surface area contributed by atoms with Crippen LogP contribution in [0.4, 0.5) is 10.1 Å². The van der Waals surface area contributed by atoms with Gasteiger partial charge >= 0.3 is 0 Å². The molecule has 2 rings (SSSR count). The van der Waals surface area contributed by atoms with Gasteiger partial charge in [0.15, 0.2) is 0 Å². The highest BCUT2D eigenvalue weighted by Crippen LogP contribution is 2.22. The number of halogens is 1. The van der Waals surface area contributed by atoms with Gasteiger partial charge in [0.25, 0.3) is 0 Å². The standard InChI is InChI=1S/C13H18FN3O/c1-2-15-8-10-7-11(14)3-4-12(10)17-6-5-16-13(18)9-17/h3-4,7,15H,2,5-6,8-9H2,1H3,(H,16,18). The van der Waals surface area contributed by atoms with Crippen molar-refractivity contribution in [3.8, 4) is 0 Å². The number of anilines is 1. The summed E-state index contributed by atoms with van der Waals surface area (Å²) in [5.74, 6) is -0.229. The van der Waals surface area contributed by atoms with E-state index in [1.54, 1.807) is 6.07 Å². The molecule has 1 aliphatic heterocycles. The Bertz CT molecular complexity index is 436. The van der Waals surface area contributed by atoms with E-state index in [-0.39, 0.29) is 11.7 Å². The van der Waals surface area contributed by atoms with Gasteiger partial charge in [-0.3, -0.25) is 4.79 Å². The highest BCUT2D eigenvalue weighted by atomic mass is 19.1. The summed E-state index contributed by atoms with van der Waals surface area (Å²) in [7, 11) is 0. The summed E-state index contributed by atoms with van der Waals surface area (Å²) in [6.45, 7) is 5.18. The van der Waals surface area contributed by atoms with Gasteiger partial charge in [0.2, 0.25) is 5.91 Å². The quantitative estimate of drug-likeness (QED) is 0.834. The Balaban J connectivity index is 2.21. The molecule has 1 aromatic carbocycles. The van der Waals surface area contributed by atoms with Gasteiger partial charge in [0.05, 0.1) is 6.54 Å². The van der Waals surface area contributed by atoms with E-state index in [0.717, 1.165) is 24.3 Å². The first-order chi connectivity index (χ1) is 8.70. The molecule has 0 atom stereocenters. The lowest BCUT2D eigenvalue weighted by molar-refractivity contribution is -0.120. The molecular weight excluding hydrogens is 233 g/mol. The van der Waals surface area contributed by atoms with Crippen molar-refractivity contribution in [2.45, 2.75) is 13.5 Å². The number of hydrogen-bond donors (Lipinski definition) is 2. The van der Waals surface area contributed by atoms with Gasteiger partial charge in [0, 0.05) is 25.3 Å². The Morgan fingerprint density at radius 2 is 2.33 bits per heavy atom. The van der Waals surface area contributed by atoms with Crippen LogP contribution in [0.5, 0.6) is 0 Å². The van der Waals surface area contributed by atoms with Gasteiger partial charge in [0.1, 0.15) is 5.82 Å². The number of carbonyl (C=O) groups is 1. The van der Waals surface area contributed by atoms with Crippen molar-refractivity contribution in [2.24, 2.45) is 0 Å². The minimum absolute atomic E-state index is 0.0139. The number of rotatable bonds is 4. The van der Waals surface area contributed by atoms with Crippen LogP contribution in [0.2, 0.25) is 0 Å². The Morgan fingerprint density at radius 3 is 3.06 bits per heavy atom. The largest absolute Gasteiger partial charge is 0.360 e. The zero-order valence-corrected chi connectivity index (χ0v) is 10.5. The Hall–Kier alpha value is -1.62. The molecule has 18 heavy (non-hydrogen) atoms. The Kier molecular flexibility index (Phi) is 4.15. The lowest BCUT2D eigenvalue weighted by Crippen LogP contribution is -2.48. The fourth-order valence-corrected chi connectivity index (χ4v) is 2.11. The van der Waals surface area contributed by atoms with Crippen LogP contribution < -0.4 is 15.5 Å². The van der Waals surface area contributed by atoms with E-state index >= 15 is 0 Å². The third-order valence-corrected chi connectivity index (χ3v) is 2.99. The van der Waals surface area contributed by atoms with Crippen molar-refractivity contribution in [1.29, 1.82) is 0 Å². The monoisotopic (exact) mass is 251 g/mol. The second-order valence-electron chi connectivity index (χ2n) is 4.32. The van der Waals surface area contributed by atoms with E-state index in [0.29, 0.717) is 19.6 Å². The zero-order valence-electron chi connectivity index (χ0n) is 10.5. The molecule has 0 radical (unpaired) electrons. The van der Waals surface area contributed by atoms with Gasteiger partial charge in [-0.05, 0) is 30.3 Å². The number of nitrogens with one attached hydrogen (secondary N) is 2. The molecule has 98 valence electrons. The molecule has 1 saturated heterocycles. The van der Waals surface area contributed by atoms with Gasteiger partial charge < -0.3 is 15.5 Å². The average Bonchev–Trinajstić information content (AvgIpc) is 2.36. The molecule has 1 fully saturated rings. The lowest BCUT2D eigenvalue weighted by atomic mass is 10.1. The number of benzene rings is 1. The lowest BCUT2D eigenvalue weighted by Gasteiger charge is -2.30. The van der Waals surface area contributed by atoms with Crippen LogP contribution in [-0.2, 0) is 11.3 Å². The first kappa shape index (κ1) is 12.8. The molecule has 0 aliphatic carbocycles. The fourth-order valence-electron chi connectivity index (χ4n) is 2.11. The first-order valence-corrected chi connectivity index (χ1v) is 6.21. The van der Waals surface area contributed by atoms with Crippen molar-refractivity contribution in [3.63, 3.8) is 0 Å². The number of piperazine rings is 1. The topological polar surface area (TPSA) is 44.4 Å². The summed E-state index contributed by atoms with van der Waals surface area (Å²) in [5.41, 5.74) is 1.83. The summed E-state index contributed by atoms with van der Waals surface area (Å²) in [4.78, 5) is 13.4. The highest BCUT2D eigenvalue weighted by Gasteiger charge is 2.18. The normalized spacial score (nSPS) is 15.7. The maximum absolute atomic E-state index is 13.3. The molecule has 2 N–H and O–H groups in total. The van der Waals surface area contributed by atoms with Crippen molar-refractivity contribution >= 4 is 11.6 Å². The van der Waals surface area contributed by atoms with E-state index in [1.165, 1.54) is 12.1 Å². The van der Waals surface area contributed by atoms with E-state index in [2.05, 4.69) is 10.6 Å². The molecule has 4 nitrogen and oxygen atoms in total. The smallest absolute Gasteiger partial charge is 0.239 e. The molecule has 1 heterocycles. The van der Waals surface area contributed by atoms with Crippen LogP contribution in [-0.4, -0.2) is 32.1 Å². The van der Waals surface area contributed by atoms with Gasteiger partial charge in [-0.1, -0.05) is 6.92 Å². The summed E-state index contributed by atoms with van der Waals surface area (Å²) >= 11 is 0. The predicted molar refractivity (Wildman–Crippen MR) is 69.0 cm³/mol. The first-order valence-electron chi connectivity index (χ1n) is 6.21. The van der Waals surface area contributed by atoms with Gasteiger partial charge in [-0.2, -0.15) is 0 Å². The fraction of sp³-hybridized carbons (Fsp3) is 0.462. The summed E-state index contributed by atoms with van der Waals surface area (Å²) < 4.78 is 13.3. The second-order valence-corrected chi connectivity index (χ2v) is 4.32. The van der Waals surface area contributed by atoms with E-state index < -0.39 is 0 Å². The van der Waals surface area contributed by atoms with E-state index in [1.807, 2.05) is 11.8 Å². The van der Waals surface area contributed by atoms with Crippen LogP contribution in [0.1, 0.15) is 12.5 Å². The minimum Gasteiger partial charge on any atom is -0.360 e. The third kappa shape index (κ3) is 2.98. The molecule has 0 spiro atoms. The van der Waals surface area contributed by atoms with Crippen molar-refractivity contribution in [1.82, 2.24) is 10.6 Å². The Morgan fingerprint density at radius 1 is 1.50 bits per heavy atom. The molecule has 0 unspecified atom stereocenters. The maximum Gasteiger partial charge on any atom is 0.239 e. The van der Waals surface area contributed by atoms with Crippen LogP contribution >= 0.6 is 0 Å². The van der Waals surface area contributed by atoms with Crippen LogP contribution in [0.15, 0.2) is 18.2 Å². The molecule has 0 saturated carbocycles. The SMILES string of the molecule is CCNCc1cc(F)ccc1N1CCNC(=O)C1. The summed E-state index contributed by atoms with van der Waals surface area (Å²) in [5, 5.41) is 5.97. The minimum atomic E-state index is -0.242. The predicted octanol–water partition coefficient (Wildman–Crippen LogP) is 0.871. The van der Waals surface area contributed by atoms with Crippen LogP contribution in [0.25, 0.3) is 0 Å². The zero-order chi connectivity index (χ0) is 13.0. The van der Waals surface area contributed by atoms with E-state index in [9.17, 15) is 9.18 Å². The van der Waals surface area contributed by atoms with E-state index in [4.69, 9.17) is 0 Å². The summed E-state index contributed by atoms with van der Waals surface area (Å²) in [6, 6.07) is 4.72. The second kappa shape index (κ2) is 5.82. The third-order valence-electron chi connectivity index (χ3n) is 2.99.